The first-order chi connectivity index (χ1) is 8.33. The topological polar surface area (TPSA) is 99.5 Å². The van der Waals surface area contributed by atoms with Crippen LogP contribution in [0.15, 0.2) is 12.3 Å². The van der Waals surface area contributed by atoms with Crippen LogP contribution < -0.4 is 0 Å². The lowest BCUT2D eigenvalue weighted by atomic mass is 9.83. The minimum Gasteiger partial charge on any atom is -0.386 e. The number of hydrogen-bond acceptors (Lipinski definition) is 4. The van der Waals surface area contributed by atoms with Gasteiger partial charge in [-0.2, -0.15) is 0 Å². The third-order valence-electron chi connectivity index (χ3n) is 3.40. The first-order valence-corrected chi connectivity index (χ1v) is 5.68. The standard InChI is InChI=1S/C11H15N3O4/c1-7(2)11(16)5-13(6-11)10(15)9-3-8(4-12-9)14(17)18/h3-4,7,12,16H,5-6H2,1-2H3. The minimum absolute atomic E-state index is 0.0690. The lowest BCUT2D eigenvalue weighted by Gasteiger charge is -2.48. The second kappa shape index (κ2) is 4.09. The zero-order valence-corrected chi connectivity index (χ0v) is 10.2. The van der Waals surface area contributed by atoms with E-state index in [0.29, 0.717) is 0 Å². The number of likely N-dealkylation sites (tertiary alicyclic amines) is 1. The summed E-state index contributed by atoms with van der Waals surface area (Å²) < 4.78 is 0. The molecule has 0 unspecified atom stereocenters. The second-order valence-electron chi connectivity index (χ2n) is 4.95. The summed E-state index contributed by atoms with van der Waals surface area (Å²) in [5.74, 6) is -0.257. The van der Waals surface area contributed by atoms with Crippen LogP contribution in [0.4, 0.5) is 5.69 Å². The van der Waals surface area contributed by atoms with E-state index in [4.69, 9.17) is 0 Å². The second-order valence-corrected chi connectivity index (χ2v) is 4.95. The van der Waals surface area contributed by atoms with Crippen LogP contribution in [0.25, 0.3) is 0 Å². The smallest absolute Gasteiger partial charge is 0.287 e. The van der Waals surface area contributed by atoms with Gasteiger partial charge in [-0.1, -0.05) is 13.8 Å². The maximum absolute atomic E-state index is 11.9. The summed E-state index contributed by atoms with van der Waals surface area (Å²) >= 11 is 0. The number of aromatic nitrogens is 1. The number of nitrogens with one attached hydrogen (secondary N) is 1. The van der Waals surface area contributed by atoms with Crippen molar-refractivity contribution in [3.8, 4) is 0 Å². The van der Waals surface area contributed by atoms with Crippen LogP contribution in [-0.4, -0.2) is 44.5 Å². The van der Waals surface area contributed by atoms with E-state index in [1.807, 2.05) is 13.8 Å². The Morgan fingerprint density at radius 1 is 1.61 bits per heavy atom. The molecule has 0 aromatic carbocycles. The molecule has 7 nitrogen and oxygen atoms in total. The summed E-state index contributed by atoms with van der Waals surface area (Å²) in [6, 6.07) is 1.20. The van der Waals surface area contributed by atoms with E-state index < -0.39 is 10.5 Å². The Balaban J connectivity index is 2.04. The van der Waals surface area contributed by atoms with Crippen molar-refractivity contribution in [1.29, 1.82) is 0 Å². The highest BCUT2D eigenvalue weighted by atomic mass is 16.6. The number of β-amino-alcohol motifs (C(OH)–C–C–N with tert-alkyl or cyclic N) is 1. The molecule has 98 valence electrons. The minimum atomic E-state index is -0.839. The Hall–Kier alpha value is -1.89. The third-order valence-corrected chi connectivity index (χ3v) is 3.40. The van der Waals surface area contributed by atoms with Gasteiger partial charge < -0.3 is 15.0 Å². The normalized spacial score (nSPS) is 17.7. The summed E-state index contributed by atoms with van der Waals surface area (Å²) in [5, 5.41) is 20.5. The maximum Gasteiger partial charge on any atom is 0.287 e. The van der Waals surface area contributed by atoms with Crippen molar-refractivity contribution in [2.75, 3.05) is 13.1 Å². The quantitative estimate of drug-likeness (QED) is 0.613. The van der Waals surface area contributed by atoms with Gasteiger partial charge in [-0.3, -0.25) is 14.9 Å². The molecule has 1 saturated heterocycles. The van der Waals surface area contributed by atoms with Gasteiger partial charge in [-0.15, -0.1) is 0 Å². The molecule has 0 saturated carbocycles. The van der Waals surface area contributed by atoms with E-state index in [1.165, 1.54) is 17.2 Å². The van der Waals surface area contributed by atoms with Gasteiger partial charge in [0.15, 0.2) is 0 Å². The van der Waals surface area contributed by atoms with Gasteiger partial charge >= 0.3 is 0 Å². The zero-order valence-electron chi connectivity index (χ0n) is 10.2. The summed E-state index contributed by atoms with van der Waals surface area (Å²) in [6.45, 7) is 4.30. The van der Waals surface area contributed by atoms with Gasteiger partial charge in [0.25, 0.3) is 11.6 Å². The van der Waals surface area contributed by atoms with Crippen LogP contribution in [0.2, 0.25) is 0 Å². The molecule has 2 heterocycles. The lowest BCUT2D eigenvalue weighted by Crippen LogP contribution is -2.66. The van der Waals surface area contributed by atoms with E-state index in [9.17, 15) is 20.0 Å². The molecule has 0 radical (unpaired) electrons. The first kappa shape index (κ1) is 12.6. The van der Waals surface area contributed by atoms with Crippen LogP contribution in [0, 0.1) is 16.0 Å². The average molecular weight is 253 g/mol. The van der Waals surface area contributed by atoms with Gasteiger partial charge in [0.1, 0.15) is 11.3 Å². The average Bonchev–Trinajstić information content (AvgIpc) is 2.72. The number of carbonyl (C=O) groups is 1. The van der Waals surface area contributed by atoms with Crippen molar-refractivity contribution in [2.45, 2.75) is 19.4 Å². The van der Waals surface area contributed by atoms with E-state index in [-0.39, 0.29) is 36.3 Å². The van der Waals surface area contributed by atoms with Crippen molar-refractivity contribution < 1.29 is 14.8 Å². The number of H-pyrrole nitrogens is 1. The monoisotopic (exact) mass is 253 g/mol. The first-order valence-electron chi connectivity index (χ1n) is 5.68. The van der Waals surface area contributed by atoms with Gasteiger partial charge in [-0.05, 0) is 5.92 Å². The number of rotatable bonds is 3. The lowest BCUT2D eigenvalue weighted by molar-refractivity contribution is -0.384. The Morgan fingerprint density at radius 2 is 2.22 bits per heavy atom. The number of nitrogens with zero attached hydrogens (tertiary/aromatic N) is 2. The summed E-state index contributed by atoms with van der Waals surface area (Å²) in [7, 11) is 0. The summed E-state index contributed by atoms with van der Waals surface area (Å²) in [6.07, 6.45) is 1.18. The van der Waals surface area contributed by atoms with Crippen LogP contribution in [0.3, 0.4) is 0 Å². The number of aliphatic hydroxyl groups is 1. The number of aromatic amines is 1. The molecule has 0 spiro atoms. The van der Waals surface area contributed by atoms with E-state index in [0.717, 1.165) is 0 Å². The van der Waals surface area contributed by atoms with Crippen molar-refractivity contribution in [1.82, 2.24) is 9.88 Å². The van der Waals surface area contributed by atoms with Crippen LogP contribution in [-0.2, 0) is 0 Å². The molecule has 1 aromatic heterocycles. The van der Waals surface area contributed by atoms with Gasteiger partial charge in [-0.25, -0.2) is 0 Å². The summed E-state index contributed by atoms with van der Waals surface area (Å²) in [5.41, 5.74) is -0.806. The molecule has 1 fully saturated rings. The predicted molar refractivity (Wildman–Crippen MR) is 63.1 cm³/mol. The van der Waals surface area contributed by atoms with Crippen LogP contribution >= 0.6 is 0 Å². The molecule has 0 aliphatic carbocycles. The molecular formula is C11H15N3O4. The maximum atomic E-state index is 11.9. The van der Waals surface area contributed by atoms with E-state index >= 15 is 0 Å². The third kappa shape index (κ3) is 1.97. The molecule has 7 heteroatoms. The summed E-state index contributed by atoms with van der Waals surface area (Å²) in [4.78, 5) is 25.9. The SMILES string of the molecule is CC(C)C1(O)CN(C(=O)c2cc([N+](=O)[O-])c[nH]2)C1. The molecule has 0 atom stereocenters. The van der Waals surface area contributed by atoms with Crippen molar-refractivity contribution in [2.24, 2.45) is 5.92 Å². The highest BCUT2D eigenvalue weighted by Crippen LogP contribution is 2.29. The number of carbonyl (C=O) groups excluding carboxylic acids is 1. The highest BCUT2D eigenvalue weighted by Gasteiger charge is 2.46. The molecule has 0 bridgehead atoms. The highest BCUT2D eigenvalue weighted by molar-refractivity contribution is 5.93. The fraction of sp³-hybridized carbons (Fsp3) is 0.545. The Labute approximate surface area is 104 Å². The Bertz CT molecular complexity index is 488. The zero-order chi connectivity index (χ0) is 13.5. The number of hydrogen-bond donors (Lipinski definition) is 2. The van der Waals surface area contributed by atoms with E-state index in [2.05, 4.69) is 4.98 Å². The van der Waals surface area contributed by atoms with Crippen LogP contribution in [0.5, 0.6) is 0 Å². The Morgan fingerprint density at radius 3 is 2.67 bits per heavy atom. The van der Waals surface area contributed by atoms with Crippen molar-refractivity contribution in [3.63, 3.8) is 0 Å². The van der Waals surface area contributed by atoms with Gasteiger partial charge in [0.2, 0.25) is 0 Å². The molecule has 1 aliphatic rings. The van der Waals surface area contributed by atoms with Crippen LogP contribution in [0.1, 0.15) is 24.3 Å². The molecular weight excluding hydrogens is 238 g/mol. The molecule has 1 aromatic rings. The van der Waals surface area contributed by atoms with Gasteiger partial charge in [0.05, 0.1) is 24.2 Å². The molecule has 18 heavy (non-hydrogen) atoms. The molecule has 2 rings (SSSR count). The van der Waals surface area contributed by atoms with E-state index in [1.54, 1.807) is 0 Å². The van der Waals surface area contributed by atoms with Crippen molar-refractivity contribution in [3.05, 3.63) is 28.1 Å². The number of amides is 1. The largest absolute Gasteiger partial charge is 0.386 e. The predicted octanol–water partition coefficient (Wildman–Crippen LogP) is 0.766. The molecule has 2 N–H and O–H groups in total. The molecule has 1 amide bonds. The Kier molecular flexibility index (Phi) is 2.86. The van der Waals surface area contributed by atoms with Crippen molar-refractivity contribution >= 4 is 11.6 Å². The molecule has 1 aliphatic heterocycles. The van der Waals surface area contributed by atoms with Gasteiger partial charge in [0, 0.05) is 6.07 Å². The number of nitro groups is 1. The fourth-order valence-electron chi connectivity index (χ4n) is 1.91. The fourth-order valence-corrected chi connectivity index (χ4v) is 1.91.